The molecule has 2 aromatic heterocycles. The van der Waals surface area contributed by atoms with Gasteiger partial charge < -0.3 is 69.1 Å². The van der Waals surface area contributed by atoms with E-state index in [1.165, 1.54) is 22.8 Å². The fraction of sp³-hybridized carbons (Fsp3) is 0.467. The summed E-state index contributed by atoms with van der Waals surface area (Å²) in [5.41, 5.74) is -0.308. The molecule has 366 valence electrons. The highest BCUT2D eigenvalue weighted by Crippen LogP contribution is 2.31. The third-order valence-corrected chi connectivity index (χ3v) is 10.8. The zero-order valence-electron chi connectivity index (χ0n) is 37.7. The van der Waals surface area contributed by atoms with Crippen molar-refractivity contribution in [3.8, 4) is 5.75 Å². The zero-order chi connectivity index (χ0) is 50.1. The lowest BCUT2D eigenvalue weighted by Gasteiger charge is -2.31. The van der Waals surface area contributed by atoms with Crippen LogP contribution in [0.1, 0.15) is 69.1 Å². The van der Waals surface area contributed by atoms with Gasteiger partial charge in [-0.15, -0.1) is 0 Å². The maximum absolute atomic E-state index is 14.0. The molecule has 2 atom stereocenters. The van der Waals surface area contributed by atoms with Gasteiger partial charge >= 0.3 is 11.3 Å². The van der Waals surface area contributed by atoms with Crippen LogP contribution in [0.25, 0.3) is 21.9 Å². The number of carbonyl (C=O) groups is 6. The number of phenolic OH excluding ortho intramolecular Hbond substituents is 1. The van der Waals surface area contributed by atoms with Gasteiger partial charge in [0.15, 0.2) is 17.1 Å². The summed E-state index contributed by atoms with van der Waals surface area (Å²) in [6.45, 7) is 4.49. The molecule has 4 aromatic rings. The molecule has 3 N–H and O–H groups in total. The van der Waals surface area contributed by atoms with Crippen molar-refractivity contribution >= 4 is 63.3 Å². The van der Waals surface area contributed by atoms with Gasteiger partial charge in [0.05, 0.1) is 42.3 Å². The van der Waals surface area contributed by atoms with Gasteiger partial charge in [-0.25, -0.2) is 14.0 Å². The van der Waals surface area contributed by atoms with E-state index in [0.29, 0.717) is 48.8 Å². The number of anilines is 1. The van der Waals surface area contributed by atoms with Gasteiger partial charge in [0.25, 0.3) is 0 Å². The van der Waals surface area contributed by atoms with Crippen LogP contribution < -0.4 is 47.2 Å². The molecule has 0 spiro atoms. The number of carbonyl (C=O) groups excluding carboxylic acids is 6. The Morgan fingerprint density at radius 2 is 1.25 bits per heavy atom. The van der Waals surface area contributed by atoms with Gasteiger partial charge in [0, 0.05) is 81.0 Å². The zero-order valence-corrected chi connectivity index (χ0v) is 37.7. The van der Waals surface area contributed by atoms with Crippen LogP contribution in [-0.4, -0.2) is 116 Å². The number of rotatable bonds is 25. The molecule has 0 saturated heterocycles. The highest BCUT2D eigenvalue weighted by molar-refractivity contribution is 5.89. The number of phenols is 1. The number of nitrogens with one attached hydrogen (secondary N) is 2. The van der Waals surface area contributed by atoms with Crippen molar-refractivity contribution in [3.63, 3.8) is 0 Å². The second-order valence-corrected chi connectivity index (χ2v) is 15.6. The lowest BCUT2D eigenvalue weighted by molar-refractivity contribution is -0.317. The van der Waals surface area contributed by atoms with E-state index in [-0.39, 0.29) is 61.3 Å². The minimum absolute atomic E-state index is 0.000304. The highest BCUT2D eigenvalue weighted by Gasteiger charge is 2.23. The summed E-state index contributed by atoms with van der Waals surface area (Å²) in [7, 11) is 3.74. The molecule has 2 amide bonds. The monoisotopic (exact) mass is 941 g/mol. The Bertz CT molecular complexity index is 2540. The number of carboxylic acids is 4. The second-order valence-electron chi connectivity index (χ2n) is 15.6. The van der Waals surface area contributed by atoms with E-state index < -0.39 is 95.6 Å². The van der Waals surface area contributed by atoms with Crippen LogP contribution in [-0.2, 0) is 41.6 Å². The van der Waals surface area contributed by atoms with Crippen LogP contribution in [0, 0.1) is 18.6 Å². The van der Waals surface area contributed by atoms with Gasteiger partial charge in [-0.1, -0.05) is 13.8 Å². The second kappa shape index (κ2) is 25.7. The maximum Gasteiger partial charge on any atom is 0.340 e. The molecular formula is C45H53F2N5O15-4. The van der Waals surface area contributed by atoms with Gasteiger partial charge in [-0.3, -0.25) is 19.4 Å². The topological polar surface area (TPSA) is 309 Å². The fourth-order valence-electron chi connectivity index (χ4n) is 7.24. The van der Waals surface area contributed by atoms with Crippen LogP contribution in [0.15, 0.2) is 48.8 Å². The minimum atomic E-state index is -1.41. The van der Waals surface area contributed by atoms with E-state index in [4.69, 9.17) is 8.83 Å². The average Bonchev–Trinajstić information content (AvgIpc) is 3.25. The van der Waals surface area contributed by atoms with Gasteiger partial charge in [0.2, 0.25) is 17.6 Å². The molecule has 0 aliphatic carbocycles. The number of benzene rings is 2. The van der Waals surface area contributed by atoms with E-state index in [0.717, 1.165) is 11.8 Å². The summed E-state index contributed by atoms with van der Waals surface area (Å²) in [5.74, 6) is -10.3. The number of hydrogen-bond donors (Lipinski definition) is 3. The molecule has 0 fully saturated rings. The number of carboxylic acid groups (broad SMARTS) is 4. The quantitative estimate of drug-likeness (QED) is 0.0477. The van der Waals surface area contributed by atoms with Crippen molar-refractivity contribution in [2.45, 2.75) is 84.2 Å². The Balaban J connectivity index is 0.000000355. The first-order valence-corrected chi connectivity index (χ1v) is 21.3. The smallest absolute Gasteiger partial charge is 0.340 e. The minimum Gasteiger partial charge on any atom is -0.549 e. The normalized spacial score (nSPS) is 12.1. The van der Waals surface area contributed by atoms with Crippen molar-refractivity contribution in [1.29, 1.82) is 0 Å². The van der Waals surface area contributed by atoms with E-state index in [2.05, 4.69) is 10.6 Å². The molecule has 0 bridgehead atoms. The summed E-state index contributed by atoms with van der Waals surface area (Å²) < 4.78 is 37.8. The fourth-order valence-corrected chi connectivity index (χ4v) is 7.24. The number of aromatic hydroxyl groups is 1. The molecule has 2 aromatic carbocycles. The average molecular weight is 942 g/mol. The Kier molecular flexibility index (Phi) is 20.8. The summed E-state index contributed by atoms with van der Waals surface area (Å²) in [6.07, 6.45) is 1.51. The third kappa shape index (κ3) is 15.9. The first-order valence-electron chi connectivity index (χ1n) is 21.3. The Hall–Kier alpha value is -6.94. The molecule has 0 aliphatic rings. The molecule has 2 heterocycles. The number of fused-ring (bicyclic) bond motifs is 2. The number of hydrogen-bond acceptors (Lipinski definition) is 18. The van der Waals surface area contributed by atoms with Crippen molar-refractivity contribution in [2.24, 2.45) is 0 Å². The molecular weight excluding hydrogens is 889 g/mol. The standard InChI is InChI=1S/C23H31N3O7.C22H26F2N2O8/c1-4-26(14-21(28)29)18(23(31)32)7-5-6-10-24-20(27)11-15-12-22(30)33-19-13-16(25(2)3)8-9-17(15)19;1-3-26(10-17(28)29)15(21(31)32)6-4-5-7-25-16(27)9-13-11(2)12-8-14(23)19(30)18(24)20(12)34-22(13)33/h8-9,12-13,18H,4-7,10-11,14H2,1-3H3,(H,24,27)(H,28,29)(H,31,32);8,15,30H,3-7,9-10H2,1-2H3,(H,25,27)(H,28,29)(H,31,32)/p-4. The van der Waals surface area contributed by atoms with Crippen LogP contribution in [0.5, 0.6) is 5.75 Å². The van der Waals surface area contributed by atoms with Gasteiger partial charge in [-0.05, 0) is 87.9 Å². The van der Waals surface area contributed by atoms with Crippen LogP contribution in [0.3, 0.4) is 0 Å². The predicted molar refractivity (Wildman–Crippen MR) is 229 cm³/mol. The van der Waals surface area contributed by atoms with Crippen molar-refractivity contribution in [1.82, 2.24) is 20.4 Å². The Morgan fingerprint density at radius 3 is 1.73 bits per heavy atom. The molecule has 0 saturated carbocycles. The number of nitrogens with zero attached hydrogens (tertiary/aromatic N) is 3. The van der Waals surface area contributed by atoms with E-state index >= 15 is 0 Å². The maximum atomic E-state index is 14.0. The molecule has 0 radical (unpaired) electrons. The first-order chi connectivity index (χ1) is 31.6. The predicted octanol–water partition coefficient (Wildman–Crippen LogP) is -2.02. The van der Waals surface area contributed by atoms with Crippen LogP contribution in [0.2, 0.25) is 0 Å². The Morgan fingerprint density at radius 1 is 0.731 bits per heavy atom. The van der Waals surface area contributed by atoms with Gasteiger partial charge in [-0.2, -0.15) is 4.39 Å². The van der Waals surface area contributed by atoms with Crippen LogP contribution in [0.4, 0.5) is 14.5 Å². The molecule has 2 unspecified atom stereocenters. The third-order valence-electron chi connectivity index (χ3n) is 10.8. The number of aryl methyl sites for hydroxylation is 1. The first kappa shape index (κ1) is 54.4. The molecule has 22 heteroatoms. The molecule has 67 heavy (non-hydrogen) atoms. The van der Waals surface area contributed by atoms with Crippen molar-refractivity contribution in [3.05, 3.63) is 79.5 Å². The lowest BCUT2D eigenvalue weighted by Crippen LogP contribution is -2.51. The largest absolute Gasteiger partial charge is 0.549 e. The number of aliphatic carboxylic acids is 4. The van der Waals surface area contributed by atoms with Crippen molar-refractivity contribution < 1.29 is 71.9 Å². The molecule has 0 aliphatic heterocycles. The SMILES string of the molecule is CCN(CC(=O)[O-])C(CCCCNC(=O)Cc1c(C)c2cc(F)c(O)c(F)c2oc1=O)C(=O)[O-].CCN(CC(=O)[O-])C(CCCCNC(=O)Cc1cc(=O)oc2cc(N(C)C)ccc12)C(=O)[O-]. The molecule has 4 rings (SSSR count). The summed E-state index contributed by atoms with van der Waals surface area (Å²) in [6, 6.07) is 5.37. The summed E-state index contributed by atoms with van der Waals surface area (Å²) >= 11 is 0. The van der Waals surface area contributed by atoms with E-state index in [9.17, 15) is 72.7 Å². The summed E-state index contributed by atoms with van der Waals surface area (Å²) in [5, 5.41) is 59.5. The van der Waals surface area contributed by atoms with Crippen LogP contribution >= 0.6 is 0 Å². The number of unbranched alkanes of at least 4 members (excludes halogenated alkanes) is 2. The lowest BCUT2D eigenvalue weighted by atomic mass is 10.0. The van der Waals surface area contributed by atoms with E-state index in [1.807, 2.05) is 31.1 Å². The number of halogens is 2. The summed E-state index contributed by atoms with van der Waals surface area (Å²) in [4.78, 5) is 97.4. The molecule has 20 nitrogen and oxygen atoms in total. The number of amides is 2. The number of likely N-dealkylation sites (N-methyl/N-ethyl adjacent to an activating group) is 2. The van der Waals surface area contributed by atoms with E-state index in [1.54, 1.807) is 19.9 Å². The highest BCUT2D eigenvalue weighted by atomic mass is 19.1. The van der Waals surface area contributed by atoms with Crippen molar-refractivity contribution in [2.75, 3.05) is 58.3 Å². The van der Waals surface area contributed by atoms with Gasteiger partial charge in [0.1, 0.15) is 5.58 Å². The Labute approximate surface area is 382 Å².